The second-order valence-electron chi connectivity index (χ2n) is 4.97. The van der Waals surface area contributed by atoms with Gasteiger partial charge in [-0.1, -0.05) is 0 Å². The number of anilines is 1. The second kappa shape index (κ2) is 11.2. The van der Waals surface area contributed by atoms with Crippen LogP contribution in [-0.2, 0) is 0 Å². The summed E-state index contributed by atoms with van der Waals surface area (Å²) in [4.78, 5) is 17.6. The summed E-state index contributed by atoms with van der Waals surface area (Å²) in [5, 5.41) is 3.40. The number of ether oxygens (including phenoxy) is 1. The molecule has 2 rings (SSSR count). The first-order chi connectivity index (χ1) is 11.2. The molecule has 0 aromatic carbocycles. The van der Waals surface area contributed by atoms with E-state index in [2.05, 4.69) is 52.3 Å². The first-order valence-electron chi connectivity index (χ1n) is 7.45. The third kappa shape index (κ3) is 5.80. The van der Waals surface area contributed by atoms with Crippen molar-refractivity contribution in [2.75, 3.05) is 63.8 Å². The first kappa shape index (κ1) is 21.6. The highest BCUT2D eigenvalue weighted by atomic mass is 127. The molecule has 0 amide bonds. The molecule has 0 spiro atoms. The second-order valence-corrected chi connectivity index (χ2v) is 6.81. The number of methoxy groups -OCH3 is 1. The molecule has 24 heavy (non-hydrogen) atoms. The lowest BCUT2D eigenvalue weighted by Gasteiger charge is -2.36. The number of aromatic nitrogens is 2. The van der Waals surface area contributed by atoms with Gasteiger partial charge in [-0.05, 0) is 22.2 Å². The molecule has 0 bridgehead atoms. The topological polar surface area (TPSA) is 65.9 Å². The van der Waals surface area contributed by atoms with E-state index >= 15 is 0 Å². The Bertz CT molecular complexity index is 542. The van der Waals surface area contributed by atoms with E-state index in [0.29, 0.717) is 11.8 Å². The molecule has 1 aromatic heterocycles. The van der Waals surface area contributed by atoms with Crippen LogP contribution in [0.2, 0.25) is 0 Å². The van der Waals surface area contributed by atoms with E-state index in [1.165, 1.54) is 0 Å². The molecule has 0 atom stereocenters. The van der Waals surface area contributed by atoms with Gasteiger partial charge in [-0.25, -0.2) is 4.98 Å². The molecule has 0 aliphatic carbocycles. The molecule has 0 unspecified atom stereocenters. The Balaban J connectivity index is 0.00000288. The smallest absolute Gasteiger partial charge is 0.232 e. The SMILES string of the molecule is CN=C(NCCSC)N1CCN(c2ncc(Br)c(OC)n2)CC1.I. The van der Waals surface area contributed by atoms with E-state index in [9.17, 15) is 0 Å². The first-order valence-corrected chi connectivity index (χ1v) is 9.64. The van der Waals surface area contributed by atoms with Crippen LogP contribution >= 0.6 is 51.7 Å². The number of halogens is 2. The van der Waals surface area contributed by atoms with Gasteiger partial charge in [0.15, 0.2) is 5.96 Å². The van der Waals surface area contributed by atoms with Gasteiger partial charge < -0.3 is 19.9 Å². The number of hydrogen-bond donors (Lipinski definition) is 1. The summed E-state index contributed by atoms with van der Waals surface area (Å²) >= 11 is 5.21. The van der Waals surface area contributed by atoms with Crippen LogP contribution in [-0.4, -0.2) is 79.7 Å². The summed E-state index contributed by atoms with van der Waals surface area (Å²) in [5.41, 5.74) is 0. The van der Waals surface area contributed by atoms with Crippen molar-refractivity contribution < 1.29 is 4.74 Å². The number of piperazine rings is 1. The fourth-order valence-electron chi connectivity index (χ4n) is 2.35. The molecule has 0 radical (unpaired) electrons. The molecule has 10 heteroatoms. The maximum atomic E-state index is 5.24. The van der Waals surface area contributed by atoms with Crippen molar-refractivity contribution in [2.24, 2.45) is 4.99 Å². The number of guanidine groups is 1. The van der Waals surface area contributed by atoms with E-state index < -0.39 is 0 Å². The average molecular weight is 531 g/mol. The van der Waals surface area contributed by atoms with Gasteiger partial charge in [0.1, 0.15) is 0 Å². The summed E-state index contributed by atoms with van der Waals surface area (Å²) in [6.07, 6.45) is 3.84. The normalized spacial score (nSPS) is 15.1. The zero-order valence-corrected chi connectivity index (χ0v) is 18.9. The molecule has 0 saturated carbocycles. The van der Waals surface area contributed by atoms with Gasteiger partial charge in [0.25, 0.3) is 0 Å². The largest absolute Gasteiger partial charge is 0.480 e. The van der Waals surface area contributed by atoms with E-state index in [0.717, 1.165) is 48.9 Å². The Morgan fingerprint density at radius 3 is 2.71 bits per heavy atom. The molecule has 136 valence electrons. The predicted molar refractivity (Wildman–Crippen MR) is 115 cm³/mol. The van der Waals surface area contributed by atoms with Crippen LogP contribution in [0.15, 0.2) is 15.7 Å². The highest BCUT2D eigenvalue weighted by Crippen LogP contribution is 2.23. The van der Waals surface area contributed by atoms with Crippen molar-refractivity contribution in [1.29, 1.82) is 0 Å². The minimum Gasteiger partial charge on any atom is -0.480 e. The van der Waals surface area contributed by atoms with Gasteiger partial charge in [-0.15, -0.1) is 24.0 Å². The maximum absolute atomic E-state index is 5.24. The van der Waals surface area contributed by atoms with Crippen LogP contribution in [0.3, 0.4) is 0 Å². The van der Waals surface area contributed by atoms with Crippen LogP contribution in [0.25, 0.3) is 0 Å². The molecule has 1 N–H and O–H groups in total. The molecular weight excluding hydrogens is 507 g/mol. The number of nitrogens with zero attached hydrogens (tertiary/aromatic N) is 5. The third-order valence-corrected chi connectivity index (χ3v) is 4.71. The van der Waals surface area contributed by atoms with E-state index in [-0.39, 0.29) is 24.0 Å². The highest BCUT2D eigenvalue weighted by Gasteiger charge is 2.21. The standard InChI is InChI=1S/C14H23BrN6OS.HI/c1-16-13(17-4-9-23-3)20-5-7-21(8-6-20)14-18-10-11(15)12(19-14)22-2;/h10H,4-9H2,1-3H3,(H,16,17);1H. The lowest BCUT2D eigenvalue weighted by Crippen LogP contribution is -2.53. The molecular formula is C14H24BrIN6OS. The summed E-state index contributed by atoms with van der Waals surface area (Å²) < 4.78 is 6.01. The highest BCUT2D eigenvalue weighted by molar-refractivity contribution is 14.0. The minimum atomic E-state index is 0. The van der Waals surface area contributed by atoms with Gasteiger partial charge >= 0.3 is 0 Å². The van der Waals surface area contributed by atoms with Gasteiger partial charge in [0.2, 0.25) is 11.8 Å². The number of aliphatic imine (C=N–C) groups is 1. The molecule has 1 aromatic rings. The van der Waals surface area contributed by atoms with E-state index in [1.54, 1.807) is 13.3 Å². The number of thioether (sulfide) groups is 1. The van der Waals surface area contributed by atoms with Crippen molar-refractivity contribution in [2.45, 2.75) is 0 Å². The Morgan fingerprint density at radius 2 is 2.12 bits per heavy atom. The van der Waals surface area contributed by atoms with Crippen LogP contribution < -0.4 is 15.0 Å². The van der Waals surface area contributed by atoms with E-state index in [4.69, 9.17) is 4.74 Å². The Hall–Kier alpha value is -0.490. The summed E-state index contributed by atoms with van der Waals surface area (Å²) in [6.45, 7) is 4.42. The lowest BCUT2D eigenvalue weighted by molar-refractivity contribution is 0.367. The van der Waals surface area contributed by atoms with Crippen molar-refractivity contribution >= 4 is 63.6 Å². The fraction of sp³-hybridized carbons (Fsp3) is 0.643. The van der Waals surface area contributed by atoms with Crippen molar-refractivity contribution in [1.82, 2.24) is 20.2 Å². The Morgan fingerprint density at radius 1 is 1.42 bits per heavy atom. The Labute approximate surface area is 173 Å². The summed E-state index contributed by atoms with van der Waals surface area (Å²) in [6, 6.07) is 0. The number of hydrogen-bond acceptors (Lipinski definition) is 6. The van der Waals surface area contributed by atoms with Gasteiger partial charge in [0.05, 0.1) is 17.8 Å². The molecule has 2 heterocycles. The van der Waals surface area contributed by atoms with Crippen molar-refractivity contribution in [3.05, 3.63) is 10.7 Å². The zero-order chi connectivity index (χ0) is 16.7. The number of nitrogens with one attached hydrogen (secondary N) is 1. The van der Waals surface area contributed by atoms with Crippen LogP contribution in [0.4, 0.5) is 5.95 Å². The molecule has 1 saturated heterocycles. The monoisotopic (exact) mass is 530 g/mol. The maximum Gasteiger partial charge on any atom is 0.232 e. The van der Waals surface area contributed by atoms with Crippen LogP contribution in [0, 0.1) is 0 Å². The molecule has 1 aliphatic rings. The van der Waals surface area contributed by atoms with Crippen LogP contribution in [0.1, 0.15) is 0 Å². The third-order valence-electron chi connectivity index (χ3n) is 3.56. The average Bonchev–Trinajstić information content (AvgIpc) is 2.59. The minimum absolute atomic E-state index is 0. The van der Waals surface area contributed by atoms with E-state index in [1.807, 2.05) is 18.8 Å². The van der Waals surface area contributed by atoms with Gasteiger partial charge in [-0.3, -0.25) is 4.99 Å². The summed E-state index contributed by atoms with van der Waals surface area (Å²) in [5.74, 6) is 3.31. The fourth-order valence-corrected chi connectivity index (χ4v) is 3.01. The Kier molecular flexibility index (Phi) is 10.0. The lowest BCUT2D eigenvalue weighted by atomic mass is 10.3. The molecule has 1 fully saturated rings. The quantitative estimate of drug-likeness (QED) is 0.270. The number of rotatable bonds is 5. The van der Waals surface area contributed by atoms with Gasteiger partial charge in [0, 0.05) is 45.5 Å². The van der Waals surface area contributed by atoms with Crippen molar-refractivity contribution in [3.63, 3.8) is 0 Å². The zero-order valence-electron chi connectivity index (χ0n) is 14.2. The van der Waals surface area contributed by atoms with Crippen LogP contribution in [0.5, 0.6) is 5.88 Å². The molecule has 1 aliphatic heterocycles. The predicted octanol–water partition coefficient (Wildman–Crippen LogP) is 1.93. The van der Waals surface area contributed by atoms with Crippen molar-refractivity contribution in [3.8, 4) is 5.88 Å². The summed E-state index contributed by atoms with van der Waals surface area (Å²) in [7, 11) is 3.44. The molecule has 7 nitrogen and oxygen atoms in total. The van der Waals surface area contributed by atoms with Gasteiger partial charge in [-0.2, -0.15) is 16.7 Å².